The number of piperidine rings is 1. The largest absolute Gasteiger partial charge is 0.493 e. The summed E-state index contributed by atoms with van der Waals surface area (Å²) in [6.45, 7) is 6.23. The molecule has 0 saturated carbocycles. The lowest BCUT2D eigenvalue weighted by molar-refractivity contribution is -0.0537. The van der Waals surface area contributed by atoms with E-state index in [0.717, 1.165) is 49.8 Å². The minimum absolute atomic E-state index is 0.322. The van der Waals surface area contributed by atoms with Crippen LogP contribution in [0.15, 0.2) is 60.9 Å². The van der Waals surface area contributed by atoms with Crippen LogP contribution in [0.25, 0.3) is 0 Å². The molecule has 0 aliphatic carbocycles. The van der Waals surface area contributed by atoms with E-state index in [9.17, 15) is 5.11 Å². The number of aryl methyl sites for hydroxylation is 2. The van der Waals surface area contributed by atoms with E-state index in [1.165, 1.54) is 11.1 Å². The predicted octanol–water partition coefficient (Wildman–Crippen LogP) is 4.08. The minimum atomic E-state index is -0.788. The molecule has 7 nitrogen and oxygen atoms in total. The van der Waals surface area contributed by atoms with Crippen LogP contribution >= 0.6 is 0 Å². The van der Waals surface area contributed by atoms with Gasteiger partial charge >= 0.3 is 0 Å². The molecule has 1 aliphatic rings. The third-order valence-electron chi connectivity index (χ3n) is 6.30. The highest BCUT2D eigenvalue weighted by atomic mass is 16.5. The summed E-state index contributed by atoms with van der Waals surface area (Å²) in [7, 11) is 1.66. The highest BCUT2D eigenvalue weighted by molar-refractivity contribution is 5.43. The predicted molar refractivity (Wildman–Crippen MR) is 131 cm³/mol. The standard InChI is InChI=1S/C27H35N3O4/c1-22-5-8-24(9-6-22)34-21-27(31)11-16-29(17-12-27)20-23-7-10-25(32-2)26(19-23)33-18-4-15-30-14-3-13-28-30/h3,5-10,13-14,19,31H,4,11-12,15-18,20-21H2,1-2H3. The van der Waals surface area contributed by atoms with Crippen molar-refractivity contribution in [3.63, 3.8) is 0 Å². The van der Waals surface area contributed by atoms with Crippen LogP contribution in [0.1, 0.15) is 30.4 Å². The Morgan fingerprint density at radius 2 is 1.82 bits per heavy atom. The second-order valence-corrected chi connectivity index (χ2v) is 9.06. The van der Waals surface area contributed by atoms with Gasteiger partial charge in [0.05, 0.1) is 13.7 Å². The lowest BCUT2D eigenvalue weighted by Gasteiger charge is -2.38. The summed E-state index contributed by atoms with van der Waals surface area (Å²) in [5, 5.41) is 15.2. The van der Waals surface area contributed by atoms with Gasteiger partial charge in [-0.1, -0.05) is 23.8 Å². The van der Waals surface area contributed by atoms with Gasteiger partial charge in [-0.05, 0) is 55.7 Å². The zero-order valence-corrected chi connectivity index (χ0v) is 20.2. The molecule has 4 rings (SSSR count). The average molecular weight is 466 g/mol. The number of rotatable bonds is 11. The topological polar surface area (TPSA) is 69.0 Å². The number of aromatic nitrogens is 2. The first-order valence-corrected chi connectivity index (χ1v) is 11.9. The Hall–Kier alpha value is -3.03. The third kappa shape index (κ3) is 6.74. The van der Waals surface area contributed by atoms with Gasteiger partial charge in [0.25, 0.3) is 0 Å². The summed E-state index contributed by atoms with van der Waals surface area (Å²) in [5.74, 6) is 2.31. The van der Waals surface area contributed by atoms with Crippen molar-refractivity contribution in [2.75, 3.05) is 33.4 Å². The van der Waals surface area contributed by atoms with Gasteiger partial charge in [-0.3, -0.25) is 9.58 Å². The van der Waals surface area contributed by atoms with Crippen molar-refractivity contribution >= 4 is 0 Å². The fraction of sp³-hybridized carbons (Fsp3) is 0.444. The maximum absolute atomic E-state index is 11.0. The van der Waals surface area contributed by atoms with E-state index in [1.807, 2.05) is 54.2 Å². The van der Waals surface area contributed by atoms with E-state index in [0.29, 0.717) is 26.1 Å². The molecule has 1 N–H and O–H groups in total. The maximum atomic E-state index is 11.0. The third-order valence-corrected chi connectivity index (χ3v) is 6.30. The van der Waals surface area contributed by atoms with Crippen molar-refractivity contribution in [1.82, 2.24) is 14.7 Å². The molecule has 182 valence electrons. The summed E-state index contributed by atoms with van der Waals surface area (Å²) in [6, 6.07) is 16.0. The van der Waals surface area contributed by atoms with Gasteiger partial charge in [-0.15, -0.1) is 0 Å². The number of hydrogen-bond acceptors (Lipinski definition) is 6. The van der Waals surface area contributed by atoms with Crippen LogP contribution in [0.5, 0.6) is 17.2 Å². The number of methoxy groups -OCH3 is 1. The quantitative estimate of drug-likeness (QED) is 0.431. The van der Waals surface area contributed by atoms with E-state index in [1.54, 1.807) is 13.3 Å². The van der Waals surface area contributed by atoms with E-state index in [2.05, 4.69) is 22.1 Å². The monoisotopic (exact) mass is 465 g/mol. The Bertz CT molecular complexity index is 1010. The lowest BCUT2D eigenvalue weighted by Crippen LogP contribution is -2.47. The van der Waals surface area contributed by atoms with E-state index in [-0.39, 0.29) is 0 Å². The molecule has 0 spiro atoms. The van der Waals surface area contributed by atoms with Gasteiger partial charge in [0.1, 0.15) is 18.0 Å². The zero-order valence-electron chi connectivity index (χ0n) is 20.2. The molecule has 1 saturated heterocycles. The maximum Gasteiger partial charge on any atom is 0.161 e. The number of nitrogens with zero attached hydrogens (tertiary/aromatic N) is 3. The molecule has 0 atom stereocenters. The van der Waals surface area contributed by atoms with Crippen LogP contribution in [0.2, 0.25) is 0 Å². The lowest BCUT2D eigenvalue weighted by atomic mass is 9.92. The smallest absolute Gasteiger partial charge is 0.161 e. The highest BCUT2D eigenvalue weighted by Gasteiger charge is 2.33. The molecule has 0 bridgehead atoms. The second kappa shape index (κ2) is 11.4. The second-order valence-electron chi connectivity index (χ2n) is 9.06. The first kappa shape index (κ1) is 24.1. The molecule has 2 heterocycles. The number of ether oxygens (including phenoxy) is 3. The van der Waals surface area contributed by atoms with Gasteiger partial charge in [-0.25, -0.2) is 0 Å². The number of likely N-dealkylation sites (tertiary alicyclic amines) is 1. The summed E-state index contributed by atoms with van der Waals surface area (Å²) >= 11 is 0. The first-order valence-electron chi connectivity index (χ1n) is 11.9. The molecular formula is C27H35N3O4. The van der Waals surface area contributed by atoms with Gasteiger partial charge in [-0.2, -0.15) is 5.10 Å². The SMILES string of the molecule is COc1ccc(CN2CCC(O)(COc3ccc(C)cc3)CC2)cc1OCCCn1cccn1. The van der Waals surface area contributed by atoms with Gasteiger partial charge in [0.15, 0.2) is 11.5 Å². The molecule has 1 fully saturated rings. The normalized spacial score (nSPS) is 15.7. The molecule has 7 heteroatoms. The van der Waals surface area contributed by atoms with Gasteiger partial charge < -0.3 is 19.3 Å². The molecule has 0 unspecified atom stereocenters. The van der Waals surface area contributed by atoms with Crippen molar-refractivity contribution in [3.8, 4) is 17.2 Å². The first-order chi connectivity index (χ1) is 16.5. The van der Waals surface area contributed by atoms with Crippen LogP contribution in [-0.2, 0) is 13.1 Å². The molecule has 3 aromatic rings. The van der Waals surface area contributed by atoms with Crippen molar-refractivity contribution < 1.29 is 19.3 Å². The fourth-order valence-corrected chi connectivity index (χ4v) is 4.16. The molecule has 0 radical (unpaired) electrons. The number of aliphatic hydroxyl groups is 1. The average Bonchev–Trinajstić information content (AvgIpc) is 3.37. The summed E-state index contributed by atoms with van der Waals surface area (Å²) in [6.07, 6.45) is 5.98. The Labute approximate surface area is 201 Å². The van der Waals surface area contributed by atoms with Crippen molar-refractivity contribution in [3.05, 3.63) is 72.1 Å². The van der Waals surface area contributed by atoms with Crippen molar-refractivity contribution in [2.45, 2.75) is 44.9 Å². The van der Waals surface area contributed by atoms with Crippen molar-refractivity contribution in [1.29, 1.82) is 0 Å². The zero-order chi connectivity index (χ0) is 23.8. The van der Waals surface area contributed by atoms with E-state index >= 15 is 0 Å². The van der Waals surface area contributed by atoms with Gasteiger partial charge in [0, 0.05) is 45.0 Å². The minimum Gasteiger partial charge on any atom is -0.493 e. The van der Waals surface area contributed by atoms with E-state index < -0.39 is 5.60 Å². The van der Waals surface area contributed by atoms with Gasteiger partial charge in [0.2, 0.25) is 0 Å². The Morgan fingerprint density at radius 1 is 1.03 bits per heavy atom. The molecular weight excluding hydrogens is 430 g/mol. The fourth-order valence-electron chi connectivity index (χ4n) is 4.16. The molecule has 34 heavy (non-hydrogen) atoms. The number of benzene rings is 2. The highest BCUT2D eigenvalue weighted by Crippen LogP contribution is 2.30. The molecule has 0 amide bonds. The van der Waals surface area contributed by atoms with Crippen LogP contribution < -0.4 is 14.2 Å². The number of hydrogen-bond donors (Lipinski definition) is 1. The molecule has 1 aliphatic heterocycles. The van der Waals surface area contributed by atoms with Crippen LogP contribution in [-0.4, -0.2) is 58.8 Å². The summed E-state index contributed by atoms with van der Waals surface area (Å²) in [4.78, 5) is 2.36. The molecule has 2 aromatic carbocycles. The van der Waals surface area contributed by atoms with Crippen LogP contribution in [0.3, 0.4) is 0 Å². The molecule has 1 aromatic heterocycles. The Morgan fingerprint density at radius 3 is 2.53 bits per heavy atom. The van der Waals surface area contributed by atoms with E-state index in [4.69, 9.17) is 14.2 Å². The summed E-state index contributed by atoms with van der Waals surface area (Å²) in [5.41, 5.74) is 1.58. The van der Waals surface area contributed by atoms with Crippen LogP contribution in [0.4, 0.5) is 0 Å². The summed E-state index contributed by atoms with van der Waals surface area (Å²) < 4.78 is 19.3. The Kier molecular flexibility index (Phi) is 8.08. The Balaban J connectivity index is 1.25. The van der Waals surface area contributed by atoms with Crippen LogP contribution in [0, 0.1) is 6.92 Å². The van der Waals surface area contributed by atoms with Crippen molar-refractivity contribution in [2.24, 2.45) is 0 Å².